The van der Waals surface area contributed by atoms with Gasteiger partial charge in [-0.05, 0) is 42.9 Å². The zero-order chi connectivity index (χ0) is 22.8. The molecule has 2 aliphatic heterocycles. The van der Waals surface area contributed by atoms with Crippen molar-refractivity contribution in [2.24, 2.45) is 11.8 Å². The van der Waals surface area contributed by atoms with E-state index in [0.29, 0.717) is 44.6 Å². The summed E-state index contributed by atoms with van der Waals surface area (Å²) >= 11 is 6.76. The lowest BCUT2D eigenvalue weighted by molar-refractivity contribution is -0.122. The summed E-state index contributed by atoms with van der Waals surface area (Å²) in [7, 11) is 0. The average molecular weight is 471 g/mol. The smallest absolute Gasteiger partial charge is 0.267 e. The molecule has 0 aliphatic carbocycles. The Morgan fingerprint density at radius 3 is 2.66 bits per heavy atom. The van der Waals surface area contributed by atoms with Gasteiger partial charge in [0.05, 0.1) is 10.5 Å². The van der Waals surface area contributed by atoms with Crippen LogP contribution in [0.2, 0.25) is 0 Å². The van der Waals surface area contributed by atoms with Gasteiger partial charge in [-0.3, -0.25) is 18.9 Å². The van der Waals surface area contributed by atoms with Gasteiger partial charge in [-0.15, -0.1) is 0 Å². The van der Waals surface area contributed by atoms with Crippen LogP contribution in [-0.2, 0) is 4.79 Å². The number of carbonyl (C=O) groups excluding carboxylic acids is 1. The molecule has 4 rings (SSSR count). The standard InChI is InChI=1S/C24H30N4O2S2/c1-4-5-7-11-28-23(30)19(32-24(28)31)13-18-21(26-14-16(2)12-17(3)15-26)25-20-9-6-8-10-27(20)22(18)29/h6,8-10,13,16-17H,4-5,7,11-12,14-15H2,1-3H3/b19-13-/t16-,17-/m1/s1. The molecule has 0 saturated carbocycles. The summed E-state index contributed by atoms with van der Waals surface area (Å²) in [6.45, 7) is 8.92. The minimum atomic E-state index is -0.160. The van der Waals surface area contributed by atoms with Crippen LogP contribution in [0.15, 0.2) is 34.1 Å². The van der Waals surface area contributed by atoms with Gasteiger partial charge in [0.1, 0.15) is 15.8 Å². The molecule has 0 unspecified atom stereocenters. The van der Waals surface area contributed by atoms with E-state index >= 15 is 0 Å². The number of thioether (sulfide) groups is 1. The maximum Gasteiger partial charge on any atom is 0.267 e. The van der Waals surface area contributed by atoms with Gasteiger partial charge in [0.25, 0.3) is 11.5 Å². The van der Waals surface area contributed by atoms with Crippen molar-refractivity contribution in [3.63, 3.8) is 0 Å². The second kappa shape index (κ2) is 9.75. The van der Waals surface area contributed by atoms with E-state index in [9.17, 15) is 9.59 Å². The molecule has 6 nitrogen and oxygen atoms in total. The summed E-state index contributed by atoms with van der Waals surface area (Å²) < 4.78 is 2.11. The number of piperidine rings is 1. The van der Waals surface area contributed by atoms with E-state index in [1.165, 1.54) is 11.8 Å². The Morgan fingerprint density at radius 2 is 1.94 bits per heavy atom. The number of carbonyl (C=O) groups is 1. The highest BCUT2D eigenvalue weighted by Crippen LogP contribution is 2.34. The molecule has 2 fully saturated rings. The van der Waals surface area contributed by atoms with Crippen molar-refractivity contribution in [2.75, 3.05) is 24.5 Å². The van der Waals surface area contributed by atoms with Gasteiger partial charge in [0, 0.05) is 25.8 Å². The highest BCUT2D eigenvalue weighted by Gasteiger charge is 2.33. The van der Waals surface area contributed by atoms with Gasteiger partial charge < -0.3 is 4.90 Å². The van der Waals surface area contributed by atoms with Crippen molar-refractivity contribution >= 4 is 51.7 Å². The molecule has 0 bridgehead atoms. The Labute approximate surface area is 198 Å². The van der Waals surface area contributed by atoms with Crippen molar-refractivity contribution in [1.82, 2.24) is 14.3 Å². The predicted octanol–water partition coefficient (Wildman–Crippen LogP) is 4.57. The molecule has 0 radical (unpaired) electrons. The number of anilines is 1. The number of unbranched alkanes of at least 4 members (excludes halogenated alkanes) is 2. The first-order valence-electron chi connectivity index (χ1n) is 11.4. The molecule has 2 aliphatic rings. The van der Waals surface area contributed by atoms with Gasteiger partial charge in [-0.2, -0.15) is 0 Å². The van der Waals surface area contributed by atoms with Crippen LogP contribution in [0, 0.1) is 11.8 Å². The lowest BCUT2D eigenvalue weighted by atomic mass is 9.91. The van der Waals surface area contributed by atoms with Crippen LogP contribution in [-0.4, -0.2) is 44.1 Å². The van der Waals surface area contributed by atoms with E-state index in [1.807, 2.05) is 18.2 Å². The number of thiocarbonyl (C=S) groups is 1. The molecule has 170 valence electrons. The second-order valence-corrected chi connectivity index (χ2v) is 10.7. The molecule has 8 heteroatoms. The zero-order valence-corrected chi connectivity index (χ0v) is 20.5. The molecule has 2 aromatic heterocycles. The number of amides is 1. The number of hydrogen-bond acceptors (Lipinski definition) is 6. The van der Waals surface area contributed by atoms with Gasteiger partial charge in [0.2, 0.25) is 0 Å². The Morgan fingerprint density at radius 1 is 1.19 bits per heavy atom. The molecule has 4 heterocycles. The Balaban J connectivity index is 1.77. The van der Waals surface area contributed by atoms with Crippen LogP contribution in [0.1, 0.15) is 52.0 Å². The normalized spacial score (nSPS) is 23.0. The first kappa shape index (κ1) is 23.0. The molecule has 0 aromatic carbocycles. The largest absolute Gasteiger partial charge is 0.355 e. The first-order chi connectivity index (χ1) is 15.4. The molecule has 0 spiro atoms. The van der Waals surface area contributed by atoms with Crippen molar-refractivity contribution in [1.29, 1.82) is 0 Å². The number of rotatable bonds is 6. The summed E-state index contributed by atoms with van der Waals surface area (Å²) in [4.78, 5) is 35.8. The van der Waals surface area contributed by atoms with Crippen LogP contribution < -0.4 is 10.5 Å². The molecule has 2 atom stereocenters. The fourth-order valence-electron chi connectivity index (χ4n) is 4.64. The molecule has 2 saturated heterocycles. The fraction of sp³-hybridized carbons (Fsp3) is 0.500. The van der Waals surface area contributed by atoms with Crippen molar-refractivity contribution in [2.45, 2.75) is 46.5 Å². The quantitative estimate of drug-likeness (QED) is 0.350. The third-order valence-electron chi connectivity index (χ3n) is 6.05. The molecule has 32 heavy (non-hydrogen) atoms. The van der Waals surface area contributed by atoms with E-state index in [0.717, 1.165) is 38.8 Å². The van der Waals surface area contributed by atoms with Gasteiger partial charge in [-0.1, -0.05) is 63.7 Å². The third kappa shape index (κ3) is 4.62. The van der Waals surface area contributed by atoms with Crippen LogP contribution in [0.4, 0.5) is 5.82 Å². The number of fused-ring (bicyclic) bond motifs is 1. The minimum Gasteiger partial charge on any atom is -0.355 e. The Kier molecular flexibility index (Phi) is 7.00. The maximum atomic E-state index is 13.5. The highest BCUT2D eigenvalue weighted by molar-refractivity contribution is 8.26. The zero-order valence-electron chi connectivity index (χ0n) is 18.9. The van der Waals surface area contributed by atoms with Crippen LogP contribution in [0.5, 0.6) is 0 Å². The fourth-order valence-corrected chi connectivity index (χ4v) is 5.93. The SMILES string of the molecule is CCCCCN1C(=O)/C(=C/c2c(N3C[C@H](C)C[C@@H](C)C3)nc3ccccn3c2=O)SC1=S. The highest BCUT2D eigenvalue weighted by atomic mass is 32.2. The minimum absolute atomic E-state index is 0.111. The van der Waals surface area contributed by atoms with Crippen molar-refractivity contribution < 1.29 is 4.79 Å². The molecule has 1 amide bonds. The lowest BCUT2D eigenvalue weighted by Gasteiger charge is -2.36. The summed E-state index contributed by atoms with van der Waals surface area (Å²) in [6.07, 6.45) is 7.66. The summed E-state index contributed by atoms with van der Waals surface area (Å²) in [5, 5.41) is 0. The van der Waals surface area contributed by atoms with E-state index in [1.54, 1.807) is 21.6 Å². The number of nitrogens with zero attached hydrogens (tertiary/aromatic N) is 4. The third-order valence-corrected chi connectivity index (χ3v) is 7.43. The summed E-state index contributed by atoms with van der Waals surface area (Å²) in [5.41, 5.74) is 0.916. The molecule has 0 N–H and O–H groups in total. The van der Waals surface area contributed by atoms with Crippen molar-refractivity contribution in [3.8, 4) is 0 Å². The maximum absolute atomic E-state index is 13.5. The van der Waals surface area contributed by atoms with E-state index < -0.39 is 0 Å². The second-order valence-electron chi connectivity index (χ2n) is 8.97. The Hall–Kier alpha value is -2.19. The van der Waals surface area contributed by atoms with Crippen LogP contribution in [0.25, 0.3) is 11.7 Å². The van der Waals surface area contributed by atoms with Gasteiger partial charge in [-0.25, -0.2) is 4.98 Å². The summed E-state index contributed by atoms with van der Waals surface area (Å²) in [6, 6.07) is 5.55. The Bertz CT molecular complexity index is 1120. The topological polar surface area (TPSA) is 57.9 Å². The monoisotopic (exact) mass is 470 g/mol. The number of hydrogen-bond donors (Lipinski definition) is 0. The van der Waals surface area contributed by atoms with Gasteiger partial charge in [0.15, 0.2) is 0 Å². The molecular formula is C24H30N4O2S2. The average Bonchev–Trinajstić information content (AvgIpc) is 3.02. The molecular weight excluding hydrogens is 440 g/mol. The van der Waals surface area contributed by atoms with Gasteiger partial charge >= 0.3 is 0 Å². The predicted molar refractivity (Wildman–Crippen MR) is 136 cm³/mol. The lowest BCUT2D eigenvalue weighted by Crippen LogP contribution is -2.40. The number of aromatic nitrogens is 2. The van der Waals surface area contributed by atoms with E-state index in [-0.39, 0.29) is 11.5 Å². The van der Waals surface area contributed by atoms with E-state index in [4.69, 9.17) is 17.2 Å². The molecule has 2 aromatic rings. The summed E-state index contributed by atoms with van der Waals surface area (Å²) in [5.74, 6) is 1.58. The van der Waals surface area contributed by atoms with Crippen LogP contribution in [0.3, 0.4) is 0 Å². The first-order valence-corrected chi connectivity index (χ1v) is 12.6. The van der Waals surface area contributed by atoms with E-state index in [2.05, 4.69) is 25.7 Å². The van der Waals surface area contributed by atoms with Crippen LogP contribution >= 0.6 is 24.0 Å². The van der Waals surface area contributed by atoms with Crippen molar-refractivity contribution in [3.05, 3.63) is 45.2 Å². The number of pyridine rings is 1.